The molecule has 0 radical (unpaired) electrons. The minimum Gasteiger partial charge on any atom is -0.337 e. The van der Waals surface area contributed by atoms with Crippen LogP contribution in [0.25, 0.3) is 16.6 Å². The zero-order chi connectivity index (χ0) is 13.0. The number of imidazole rings is 1. The molecule has 0 amide bonds. The Morgan fingerprint density at radius 3 is 2.89 bits per heavy atom. The third-order valence-electron chi connectivity index (χ3n) is 2.48. The Bertz CT molecular complexity index is 598. The second-order valence-corrected chi connectivity index (χ2v) is 3.81. The molecule has 0 aliphatic rings. The first-order chi connectivity index (χ1) is 8.72. The van der Waals surface area contributed by atoms with Gasteiger partial charge in [-0.15, -0.1) is 0 Å². The number of H-pyrrole nitrogens is 1. The van der Waals surface area contributed by atoms with Crippen molar-refractivity contribution in [3.05, 3.63) is 54.4 Å². The average Bonchev–Trinajstić information content (AvgIpc) is 2.77. The van der Waals surface area contributed by atoms with Crippen LogP contribution in [0.5, 0.6) is 0 Å². The summed E-state index contributed by atoms with van der Waals surface area (Å²) in [6.07, 6.45) is 10.5. The van der Waals surface area contributed by atoms with E-state index < -0.39 is 0 Å². The summed E-state index contributed by atoms with van der Waals surface area (Å²) in [6, 6.07) is 1.79. The molecule has 0 atom stereocenters. The molecule has 0 saturated carbocycles. The van der Waals surface area contributed by atoms with Gasteiger partial charge < -0.3 is 4.98 Å². The molecule has 0 saturated heterocycles. The Balaban J connectivity index is 2.46. The van der Waals surface area contributed by atoms with Crippen LogP contribution in [0.4, 0.5) is 4.39 Å². The number of allylic oxidation sites excluding steroid dienone is 6. The lowest BCUT2D eigenvalue weighted by Gasteiger charge is -1.97. The SMILES string of the molecule is C\C=C/C=C\C(=C(/C)F)c1nc2ccncc2[nH]1. The van der Waals surface area contributed by atoms with Gasteiger partial charge in [0.1, 0.15) is 11.7 Å². The first-order valence-electron chi connectivity index (χ1n) is 5.68. The standard InChI is InChI=1S/C14H14FN3/c1-3-4-5-6-11(10(2)15)14-17-12-7-8-16-9-13(12)18-14/h3-9H,1-2H3,(H,17,18)/b4-3-,6-5-,11-10-. The minimum absolute atomic E-state index is 0.275. The first kappa shape index (κ1) is 12.2. The van der Waals surface area contributed by atoms with Gasteiger partial charge in [-0.3, -0.25) is 4.98 Å². The molecule has 4 heteroatoms. The molecule has 2 rings (SSSR count). The second-order valence-electron chi connectivity index (χ2n) is 3.81. The van der Waals surface area contributed by atoms with Crippen molar-refractivity contribution in [2.24, 2.45) is 0 Å². The topological polar surface area (TPSA) is 41.6 Å². The van der Waals surface area contributed by atoms with Crippen molar-refractivity contribution in [1.82, 2.24) is 15.0 Å². The summed E-state index contributed by atoms with van der Waals surface area (Å²) in [4.78, 5) is 11.4. The van der Waals surface area contributed by atoms with Gasteiger partial charge in [0.15, 0.2) is 0 Å². The fourth-order valence-corrected chi connectivity index (χ4v) is 1.60. The molecular weight excluding hydrogens is 229 g/mol. The number of aromatic amines is 1. The van der Waals surface area contributed by atoms with Gasteiger partial charge >= 0.3 is 0 Å². The third kappa shape index (κ3) is 2.53. The maximum atomic E-state index is 13.5. The fourth-order valence-electron chi connectivity index (χ4n) is 1.60. The summed E-state index contributed by atoms with van der Waals surface area (Å²) in [5.41, 5.74) is 2.02. The number of nitrogens with one attached hydrogen (secondary N) is 1. The van der Waals surface area contributed by atoms with Crippen LogP contribution in [0.2, 0.25) is 0 Å². The summed E-state index contributed by atoms with van der Waals surface area (Å²) >= 11 is 0. The van der Waals surface area contributed by atoms with Crippen LogP contribution in [0.1, 0.15) is 19.7 Å². The van der Waals surface area contributed by atoms with Gasteiger partial charge in [0.25, 0.3) is 0 Å². The Morgan fingerprint density at radius 2 is 2.22 bits per heavy atom. The van der Waals surface area contributed by atoms with Gasteiger partial charge in [-0.25, -0.2) is 9.37 Å². The molecule has 2 heterocycles. The van der Waals surface area contributed by atoms with E-state index in [0.717, 1.165) is 11.0 Å². The first-order valence-corrected chi connectivity index (χ1v) is 5.68. The van der Waals surface area contributed by atoms with Crippen molar-refractivity contribution in [3.8, 4) is 0 Å². The van der Waals surface area contributed by atoms with Crippen LogP contribution < -0.4 is 0 Å². The van der Waals surface area contributed by atoms with E-state index in [1.807, 2.05) is 19.1 Å². The van der Waals surface area contributed by atoms with Crippen LogP contribution in [-0.2, 0) is 0 Å². The monoisotopic (exact) mass is 243 g/mol. The maximum absolute atomic E-state index is 13.5. The largest absolute Gasteiger partial charge is 0.337 e. The molecule has 2 aromatic heterocycles. The molecule has 0 aromatic carbocycles. The predicted molar refractivity (Wildman–Crippen MR) is 71.5 cm³/mol. The van der Waals surface area contributed by atoms with Crippen LogP contribution in [0, 0.1) is 0 Å². The predicted octanol–water partition coefficient (Wildman–Crippen LogP) is 3.79. The number of hydrogen-bond donors (Lipinski definition) is 1. The highest BCUT2D eigenvalue weighted by Gasteiger charge is 2.08. The van der Waals surface area contributed by atoms with E-state index in [4.69, 9.17) is 0 Å². The summed E-state index contributed by atoms with van der Waals surface area (Å²) in [6.45, 7) is 3.32. The number of nitrogens with zero attached hydrogens (tertiary/aromatic N) is 2. The highest BCUT2D eigenvalue weighted by molar-refractivity contribution is 5.80. The molecule has 0 aliphatic carbocycles. The highest BCUT2D eigenvalue weighted by atomic mass is 19.1. The van der Waals surface area contributed by atoms with E-state index in [2.05, 4.69) is 15.0 Å². The quantitative estimate of drug-likeness (QED) is 0.833. The number of hydrogen-bond acceptors (Lipinski definition) is 2. The van der Waals surface area contributed by atoms with Crippen molar-refractivity contribution in [3.63, 3.8) is 0 Å². The third-order valence-corrected chi connectivity index (χ3v) is 2.48. The summed E-state index contributed by atoms with van der Waals surface area (Å²) in [7, 11) is 0. The minimum atomic E-state index is -0.275. The van der Waals surface area contributed by atoms with Crippen molar-refractivity contribution < 1.29 is 4.39 Å². The van der Waals surface area contributed by atoms with Gasteiger partial charge in [0.05, 0.1) is 17.2 Å². The summed E-state index contributed by atoms with van der Waals surface area (Å²) in [5, 5.41) is 0. The Labute approximate surface area is 105 Å². The molecule has 0 unspecified atom stereocenters. The van der Waals surface area contributed by atoms with Gasteiger partial charge in [-0.05, 0) is 26.0 Å². The van der Waals surface area contributed by atoms with Crippen molar-refractivity contribution in [2.45, 2.75) is 13.8 Å². The smallest absolute Gasteiger partial charge is 0.141 e. The van der Waals surface area contributed by atoms with Crippen LogP contribution in [0.3, 0.4) is 0 Å². The fraction of sp³-hybridized carbons (Fsp3) is 0.143. The molecule has 1 N–H and O–H groups in total. The van der Waals surface area contributed by atoms with E-state index in [0.29, 0.717) is 11.4 Å². The molecule has 92 valence electrons. The molecule has 0 bridgehead atoms. The second kappa shape index (κ2) is 5.40. The zero-order valence-corrected chi connectivity index (χ0v) is 10.3. The average molecular weight is 243 g/mol. The van der Waals surface area contributed by atoms with Crippen molar-refractivity contribution in [2.75, 3.05) is 0 Å². The van der Waals surface area contributed by atoms with E-state index in [1.165, 1.54) is 6.92 Å². The summed E-state index contributed by atoms with van der Waals surface area (Å²) < 4.78 is 13.5. The van der Waals surface area contributed by atoms with Gasteiger partial charge in [-0.2, -0.15) is 0 Å². The Morgan fingerprint density at radius 1 is 1.39 bits per heavy atom. The van der Waals surface area contributed by atoms with Gasteiger partial charge in [0, 0.05) is 11.8 Å². The number of pyridine rings is 1. The number of halogens is 1. The van der Waals surface area contributed by atoms with Crippen molar-refractivity contribution in [1.29, 1.82) is 0 Å². The molecule has 0 fully saturated rings. The maximum Gasteiger partial charge on any atom is 0.141 e. The normalized spacial score (nSPS) is 13.7. The lowest BCUT2D eigenvalue weighted by atomic mass is 10.2. The van der Waals surface area contributed by atoms with Crippen LogP contribution in [0.15, 0.2) is 48.6 Å². The molecule has 18 heavy (non-hydrogen) atoms. The zero-order valence-electron chi connectivity index (χ0n) is 10.3. The lowest BCUT2D eigenvalue weighted by molar-refractivity contribution is 0.644. The van der Waals surface area contributed by atoms with Crippen LogP contribution in [-0.4, -0.2) is 15.0 Å². The Kier molecular flexibility index (Phi) is 3.67. The number of aromatic nitrogens is 3. The molecule has 3 nitrogen and oxygen atoms in total. The van der Waals surface area contributed by atoms with Gasteiger partial charge in [-0.1, -0.05) is 18.2 Å². The van der Waals surface area contributed by atoms with E-state index in [-0.39, 0.29) is 5.83 Å². The van der Waals surface area contributed by atoms with Crippen molar-refractivity contribution >= 4 is 16.6 Å². The highest BCUT2D eigenvalue weighted by Crippen LogP contribution is 2.21. The number of fused-ring (bicyclic) bond motifs is 1. The Hall–Kier alpha value is -2.23. The van der Waals surface area contributed by atoms with E-state index in [1.54, 1.807) is 30.6 Å². The van der Waals surface area contributed by atoms with Gasteiger partial charge in [0.2, 0.25) is 0 Å². The molecule has 0 spiro atoms. The molecule has 2 aromatic rings. The number of rotatable bonds is 3. The van der Waals surface area contributed by atoms with E-state index in [9.17, 15) is 4.39 Å². The van der Waals surface area contributed by atoms with E-state index >= 15 is 0 Å². The van der Waals surface area contributed by atoms with Crippen LogP contribution >= 0.6 is 0 Å². The summed E-state index contributed by atoms with van der Waals surface area (Å²) in [5.74, 6) is 0.238. The molecular formula is C14H14FN3. The lowest BCUT2D eigenvalue weighted by Crippen LogP contribution is -1.86. The molecule has 0 aliphatic heterocycles.